The predicted octanol–water partition coefficient (Wildman–Crippen LogP) is 0.832. The van der Waals surface area contributed by atoms with Crippen LogP contribution in [0.25, 0.3) is 0 Å². The standard InChI is InChI=1S/C11H20N4O/c1-3-15-10(4-5-13-15)11(14-12)9-6-8(2)16-7-9/h4-5,8-9,11,14H,3,6-7,12H2,1-2H3. The molecule has 2 rings (SSSR count). The molecular weight excluding hydrogens is 204 g/mol. The van der Waals surface area contributed by atoms with Crippen LogP contribution in [0.4, 0.5) is 0 Å². The minimum atomic E-state index is 0.132. The molecule has 3 unspecified atom stereocenters. The average molecular weight is 224 g/mol. The maximum atomic E-state index is 5.67. The molecule has 1 aromatic rings. The van der Waals surface area contributed by atoms with Gasteiger partial charge in [-0.15, -0.1) is 0 Å². The first-order valence-corrected chi connectivity index (χ1v) is 5.85. The molecule has 2 heterocycles. The van der Waals surface area contributed by atoms with Gasteiger partial charge in [0.1, 0.15) is 0 Å². The number of aryl methyl sites for hydroxylation is 1. The van der Waals surface area contributed by atoms with Crippen LogP contribution in [0, 0.1) is 5.92 Å². The fraction of sp³-hybridized carbons (Fsp3) is 0.727. The molecule has 0 aliphatic carbocycles. The largest absolute Gasteiger partial charge is 0.378 e. The Hall–Kier alpha value is -0.910. The molecule has 0 amide bonds. The first-order valence-electron chi connectivity index (χ1n) is 5.85. The Morgan fingerprint density at radius 1 is 1.75 bits per heavy atom. The van der Waals surface area contributed by atoms with E-state index in [9.17, 15) is 0 Å². The van der Waals surface area contributed by atoms with Crippen molar-refractivity contribution in [2.45, 2.75) is 39.0 Å². The summed E-state index contributed by atoms with van der Waals surface area (Å²) >= 11 is 0. The van der Waals surface area contributed by atoms with Crippen LogP contribution in [0.2, 0.25) is 0 Å². The quantitative estimate of drug-likeness (QED) is 0.587. The van der Waals surface area contributed by atoms with Crippen molar-refractivity contribution in [1.29, 1.82) is 0 Å². The average Bonchev–Trinajstić information content (AvgIpc) is 2.89. The van der Waals surface area contributed by atoms with Crippen molar-refractivity contribution in [3.63, 3.8) is 0 Å². The lowest BCUT2D eigenvalue weighted by Gasteiger charge is -2.22. The number of nitrogens with two attached hydrogens (primary N) is 1. The van der Waals surface area contributed by atoms with Crippen molar-refractivity contribution in [3.05, 3.63) is 18.0 Å². The third-order valence-corrected chi connectivity index (χ3v) is 3.25. The van der Waals surface area contributed by atoms with E-state index in [1.54, 1.807) is 0 Å². The minimum Gasteiger partial charge on any atom is -0.378 e. The van der Waals surface area contributed by atoms with Gasteiger partial charge < -0.3 is 4.74 Å². The van der Waals surface area contributed by atoms with Crippen LogP contribution >= 0.6 is 0 Å². The molecule has 0 saturated carbocycles. The Morgan fingerprint density at radius 3 is 3.12 bits per heavy atom. The zero-order valence-electron chi connectivity index (χ0n) is 9.89. The second-order valence-corrected chi connectivity index (χ2v) is 4.36. The van der Waals surface area contributed by atoms with E-state index in [-0.39, 0.29) is 6.04 Å². The Morgan fingerprint density at radius 2 is 2.56 bits per heavy atom. The van der Waals surface area contributed by atoms with Crippen molar-refractivity contribution >= 4 is 0 Å². The van der Waals surface area contributed by atoms with E-state index >= 15 is 0 Å². The fourth-order valence-electron chi connectivity index (χ4n) is 2.42. The summed E-state index contributed by atoms with van der Waals surface area (Å²) in [5, 5.41) is 4.27. The number of hydrogen-bond acceptors (Lipinski definition) is 4. The SMILES string of the molecule is CCn1nccc1C(NN)C1COC(C)C1. The molecule has 3 atom stereocenters. The van der Waals surface area contributed by atoms with E-state index < -0.39 is 0 Å². The van der Waals surface area contributed by atoms with Gasteiger partial charge in [0.15, 0.2) is 0 Å². The Bertz CT molecular complexity index is 338. The van der Waals surface area contributed by atoms with Crippen molar-refractivity contribution in [2.24, 2.45) is 11.8 Å². The van der Waals surface area contributed by atoms with E-state index in [1.807, 2.05) is 16.9 Å². The maximum Gasteiger partial charge on any atom is 0.0680 e. The highest BCUT2D eigenvalue weighted by Crippen LogP contribution is 2.30. The molecule has 0 radical (unpaired) electrons. The summed E-state index contributed by atoms with van der Waals surface area (Å²) in [4.78, 5) is 0. The highest BCUT2D eigenvalue weighted by atomic mass is 16.5. The van der Waals surface area contributed by atoms with Crippen molar-refractivity contribution in [3.8, 4) is 0 Å². The smallest absolute Gasteiger partial charge is 0.0680 e. The van der Waals surface area contributed by atoms with Gasteiger partial charge in [-0.05, 0) is 26.3 Å². The van der Waals surface area contributed by atoms with Crippen molar-refractivity contribution in [2.75, 3.05) is 6.61 Å². The number of hydrogen-bond donors (Lipinski definition) is 2. The zero-order chi connectivity index (χ0) is 11.5. The molecule has 0 spiro atoms. The van der Waals surface area contributed by atoms with E-state index in [0.717, 1.165) is 25.3 Å². The van der Waals surface area contributed by atoms with Gasteiger partial charge in [-0.1, -0.05) is 0 Å². The van der Waals surface area contributed by atoms with Crippen LogP contribution in [0.5, 0.6) is 0 Å². The summed E-state index contributed by atoms with van der Waals surface area (Å²) in [5.41, 5.74) is 4.05. The van der Waals surface area contributed by atoms with Gasteiger partial charge in [-0.3, -0.25) is 16.0 Å². The van der Waals surface area contributed by atoms with E-state index in [1.165, 1.54) is 0 Å². The number of aromatic nitrogens is 2. The number of nitrogens with one attached hydrogen (secondary N) is 1. The molecule has 0 bridgehead atoms. The normalized spacial score (nSPS) is 27.2. The second kappa shape index (κ2) is 4.95. The summed E-state index contributed by atoms with van der Waals surface area (Å²) in [7, 11) is 0. The lowest BCUT2D eigenvalue weighted by Crippen LogP contribution is -2.35. The van der Waals surface area contributed by atoms with Crippen LogP contribution in [-0.4, -0.2) is 22.5 Å². The van der Waals surface area contributed by atoms with Crippen LogP contribution in [0.15, 0.2) is 12.3 Å². The highest BCUT2D eigenvalue weighted by molar-refractivity contribution is 5.09. The molecule has 5 heteroatoms. The topological polar surface area (TPSA) is 65.1 Å². The van der Waals surface area contributed by atoms with Gasteiger partial charge in [0.05, 0.1) is 24.4 Å². The number of ether oxygens (including phenoxy) is 1. The molecule has 1 aromatic heterocycles. The van der Waals surface area contributed by atoms with Crippen LogP contribution < -0.4 is 11.3 Å². The minimum absolute atomic E-state index is 0.132. The molecule has 90 valence electrons. The van der Waals surface area contributed by atoms with Gasteiger partial charge in [0.25, 0.3) is 0 Å². The first kappa shape index (κ1) is 11.6. The van der Waals surface area contributed by atoms with Gasteiger partial charge >= 0.3 is 0 Å². The van der Waals surface area contributed by atoms with Crippen LogP contribution in [0.1, 0.15) is 32.0 Å². The number of rotatable bonds is 4. The van der Waals surface area contributed by atoms with Gasteiger partial charge in [-0.25, -0.2) is 0 Å². The van der Waals surface area contributed by atoms with Crippen molar-refractivity contribution in [1.82, 2.24) is 15.2 Å². The zero-order valence-corrected chi connectivity index (χ0v) is 9.89. The van der Waals surface area contributed by atoms with E-state index in [2.05, 4.69) is 24.4 Å². The lowest BCUT2D eigenvalue weighted by molar-refractivity contribution is 0.116. The molecule has 5 nitrogen and oxygen atoms in total. The number of hydrazine groups is 1. The summed E-state index contributed by atoms with van der Waals surface area (Å²) in [6.45, 7) is 5.82. The first-order chi connectivity index (χ1) is 7.76. The maximum absolute atomic E-state index is 5.67. The van der Waals surface area contributed by atoms with Crippen LogP contribution in [0.3, 0.4) is 0 Å². The van der Waals surface area contributed by atoms with Gasteiger partial charge in [-0.2, -0.15) is 5.10 Å². The van der Waals surface area contributed by atoms with Crippen LogP contribution in [-0.2, 0) is 11.3 Å². The summed E-state index contributed by atoms with van der Waals surface area (Å²) < 4.78 is 7.57. The highest BCUT2D eigenvalue weighted by Gasteiger charge is 2.31. The van der Waals surface area contributed by atoms with Gasteiger partial charge in [0.2, 0.25) is 0 Å². The Labute approximate surface area is 95.9 Å². The summed E-state index contributed by atoms with van der Waals surface area (Å²) in [6, 6.07) is 2.16. The molecule has 1 aliphatic rings. The third-order valence-electron chi connectivity index (χ3n) is 3.25. The fourth-order valence-corrected chi connectivity index (χ4v) is 2.42. The molecule has 1 aliphatic heterocycles. The molecule has 1 fully saturated rings. The number of nitrogens with zero attached hydrogens (tertiary/aromatic N) is 2. The Balaban J connectivity index is 2.16. The second-order valence-electron chi connectivity index (χ2n) is 4.36. The monoisotopic (exact) mass is 224 g/mol. The Kier molecular flexibility index (Phi) is 3.58. The van der Waals surface area contributed by atoms with E-state index in [4.69, 9.17) is 10.6 Å². The molecule has 1 saturated heterocycles. The summed E-state index contributed by atoms with van der Waals surface area (Å²) in [5.74, 6) is 6.10. The van der Waals surface area contributed by atoms with E-state index in [0.29, 0.717) is 12.0 Å². The molecular formula is C11H20N4O. The van der Waals surface area contributed by atoms with Gasteiger partial charge in [0, 0.05) is 18.7 Å². The van der Waals surface area contributed by atoms with Crippen molar-refractivity contribution < 1.29 is 4.74 Å². The molecule has 0 aromatic carbocycles. The molecule has 16 heavy (non-hydrogen) atoms. The summed E-state index contributed by atoms with van der Waals surface area (Å²) in [6.07, 6.45) is 3.20. The molecule has 3 N–H and O–H groups in total. The predicted molar refractivity (Wildman–Crippen MR) is 61.5 cm³/mol. The lowest BCUT2D eigenvalue weighted by atomic mass is 9.95. The third kappa shape index (κ3) is 2.11.